The number of likely N-dealkylation sites (tertiary alicyclic amines) is 1. The zero-order valence-electron chi connectivity index (χ0n) is 15.9. The summed E-state index contributed by atoms with van der Waals surface area (Å²) in [6.45, 7) is 2.40. The summed E-state index contributed by atoms with van der Waals surface area (Å²) in [5.41, 5.74) is 0.317. The van der Waals surface area contributed by atoms with Crippen molar-refractivity contribution >= 4 is 5.91 Å². The fourth-order valence-electron chi connectivity index (χ4n) is 5.04. The fraction of sp³-hybridized carbons (Fsp3) is 0.684. The van der Waals surface area contributed by atoms with Crippen LogP contribution < -0.4 is 9.47 Å². The highest BCUT2D eigenvalue weighted by Crippen LogP contribution is 2.55. The van der Waals surface area contributed by atoms with Crippen LogP contribution in [0.2, 0.25) is 0 Å². The maximum absolute atomic E-state index is 13.2. The quantitative estimate of drug-likeness (QED) is 0.787. The second-order valence-electron chi connectivity index (χ2n) is 7.89. The Balaban J connectivity index is 1.56. The summed E-state index contributed by atoms with van der Waals surface area (Å²) in [4.78, 5) is 21.5. The number of rotatable bonds is 5. The Morgan fingerprint density at radius 3 is 2.88 bits per heavy atom. The molecule has 26 heavy (non-hydrogen) atoms. The lowest BCUT2D eigenvalue weighted by Crippen LogP contribution is -2.40. The van der Waals surface area contributed by atoms with Gasteiger partial charge in [0.15, 0.2) is 0 Å². The molecule has 7 heteroatoms. The number of nitrogens with zero attached hydrogens (tertiary/aromatic N) is 3. The van der Waals surface area contributed by atoms with Crippen molar-refractivity contribution in [3.8, 4) is 11.8 Å². The molecule has 3 fully saturated rings. The molecule has 3 aliphatic rings. The first-order chi connectivity index (χ1) is 12.5. The molecule has 0 N–H and O–H groups in total. The maximum atomic E-state index is 13.2. The SMILES string of the molecule is COc1ccc(C(=O)N2C[C@@H]3[C@H](CN(C)C)[C@H]4CC[C@]3(C2)O4)c(OC)n1. The number of carbonyl (C=O) groups excluding carboxylic acids is 1. The van der Waals surface area contributed by atoms with E-state index in [0.29, 0.717) is 41.8 Å². The minimum atomic E-state index is -0.159. The van der Waals surface area contributed by atoms with Gasteiger partial charge >= 0.3 is 0 Å². The van der Waals surface area contributed by atoms with Gasteiger partial charge in [-0.3, -0.25) is 4.79 Å². The second-order valence-corrected chi connectivity index (χ2v) is 7.89. The van der Waals surface area contributed by atoms with Crippen LogP contribution >= 0.6 is 0 Å². The minimum absolute atomic E-state index is 0.0450. The van der Waals surface area contributed by atoms with Gasteiger partial charge in [0.1, 0.15) is 5.56 Å². The first-order valence-electron chi connectivity index (χ1n) is 9.18. The van der Waals surface area contributed by atoms with E-state index in [0.717, 1.165) is 25.9 Å². The van der Waals surface area contributed by atoms with Gasteiger partial charge in [0.25, 0.3) is 5.91 Å². The van der Waals surface area contributed by atoms with Crippen LogP contribution in [0.1, 0.15) is 23.2 Å². The molecule has 0 radical (unpaired) electrons. The molecule has 1 aromatic rings. The Kier molecular flexibility index (Phi) is 4.31. The lowest BCUT2D eigenvalue weighted by atomic mass is 9.73. The minimum Gasteiger partial charge on any atom is -0.481 e. The molecule has 1 aromatic heterocycles. The predicted molar refractivity (Wildman–Crippen MR) is 95.6 cm³/mol. The molecule has 4 rings (SSSR count). The molecule has 0 saturated carbocycles. The summed E-state index contributed by atoms with van der Waals surface area (Å²) in [6, 6.07) is 3.43. The van der Waals surface area contributed by atoms with Crippen molar-refractivity contribution in [2.24, 2.45) is 11.8 Å². The molecule has 3 aliphatic heterocycles. The first kappa shape index (κ1) is 17.5. The Hall–Kier alpha value is -1.86. The van der Waals surface area contributed by atoms with Gasteiger partial charge in [0, 0.05) is 31.0 Å². The van der Waals surface area contributed by atoms with Gasteiger partial charge in [0.05, 0.1) is 32.5 Å². The average molecular weight is 361 g/mol. The highest BCUT2D eigenvalue weighted by atomic mass is 16.5. The van der Waals surface area contributed by atoms with Crippen molar-refractivity contribution in [2.45, 2.75) is 24.5 Å². The van der Waals surface area contributed by atoms with Crippen LogP contribution in [0.15, 0.2) is 12.1 Å². The molecular weight excluding hydrogens is 334 g/mol. The van der Waals surface area contributed by atoms with Crippen molar-refractivity contribution in [1.82, 2.24) is 14.8 Å². The van der Waals surface area contributed by atoms with Crippen LogP contribution in [0.5, 0.6) is 11.8 Å². The van der Waals surface area contributed by atoms with E-state index in [4.69, 9.17) is 14.2 Å². The van der Waals surface area contributed by atoms with Gasteiger partial charge in [0.2, 0.25) is 11.8 Å². The van der Waals surface area contributed by atoms with E-state index < -0.39 is 0 Å². The van der Waals surface area contributed by atoms with Gasteiger partial charge in [-0.1, -0.05) is 0 Å². The van der Waals surface area contributed by atoms with Gasteiger partial charge in [-0.15, -0.1) is 0 Å². The van der Waals surface area contributed by atoms with Crippen LogP contribution in [0.25, 0.3) is 0 Å². The highest BCUT2D eigenvalue weighted by molar-refractivity contribution is 5.96. The Bertz CT molecular complexity index is 710. The monoisotopic (exact) mass is 361 g/mol. The smallest absolute Gasteiger partial charge is 0.259 e. The lowest BCUT2D eigenvalue weighted by molar-refractivity contribution is 0.00252. The summed E-state index contributed by atoms with van der Waals surface area (Å²) >= 11 is 0. The molecule has 7 nitrogen and oxygen atoms in total. The number of carbonyl (C=O) groups is 1. The molecule has 3 saturated heterocycles. The molecule has 0 unspecified atom stereocenters. The van der Waals surface area contributed by atoms with Crippen molar-refractivity contribution < 1.29 is 19.0 Å². The number of pyridine rings is 1. The van der Waals surface area contributed by atoms with E-state index in [1.54, 1.807) is 19.2 Å². The number of amides is 1. The third kappa shape index (κ3) is 2.65. The van der Waals surface area contributed by atoms with Gasteiger partial charge in [-0.25, -0.2) is 0 Å². The van der Waals surface area contributed by atoms with Gasteiger partial charge in [-0.2, -0.15) is 4.98 Å². The van der Waals surface area contributed by atoms with Crippen molar-refractivity contribution in [3.63, 3.8) is 0 Å². The topological polar surface area (TPSA) is 64.1 Å². The zero-order valence-corrected chi connectivity index (χ0v) is 15.9. The third-order valence-corrected chi connectivity index (χ3v) is 6.11. The maximum Gasteiger partial charge on any atom is 0.259 e. The standard InChI is InChI=1S/C19H27N3O4/c1-21(2)9-13-14-10-22(11-19(14)8-7-15(13)26-19)18(23)12-5-6-16(24-3)20-17(12)25-4/h5-6,13-15H,7-11H2,1-4H3/t13-,14+,15+,19+/m0/s1. The van der Waals surface area contributed by atoms with E-state index in [9.17, 15) is 4.79 Å². The van der Waals surface area contributed by atoms with Crippen molar-refractivity contribution in [1.29, 1.82) is 0 Å². The number of ether oxygens (including phenoxy) is 3. The largest absolute Gasteiger partial charge is 0.481 e. The Labute approximate surface area is 154 Å². The molecule has 4 heterocycles. The lowest BCUT2D eigenvalue weighted by Gasteiger charge is -2.30. The van der Waals surface area contributed by atoms with Crippen molar-refractivity contribution in [2.75, 3.05) is 47.9 Å². The summed E-state index contributed by atoms with van der Waals surface area (Å²) in [6.07, 6.45) is 2.50. The summed E-state index contributed by atoms with van der Waals surface area (Å²) in [5, 5.41) is 0. The number of aromatic nitrogens is 1. The molecule has 1 amide bonds. The summed E-state index contributed by atoms with van der Waals surface area (Å²) in [5.74, 6) is 1.59. The van der Waals surface area contributed by atoms with E-state index in [1.807, 2.05) is 4.90 Å². The molecule has 0 aliphatic carbocycles. The molecule has 4 atom stereocenters. The Morgan fingerprint density at radius 2 is 2.19 bits per heavy atom. The number of methoxy groups -OCH3 is 2. The molecule has 1 spiro atoms. The third-order valence-electron chi connectivity index (χ3n) is 6.11. The van der Waals surface area contributed by atoms with E-state index in [2.05, 4.69) is 24.0 Å². The average Bonchev–Trinajstić information content (AvgIpc) is 3.30. The molecule has 2 bridgehead atoms. The zero-order chi connectivity index (χ0) is 18.5. The predicted octanol–water partition coefficient (Wildman–Crippen LogP) is 1.28. The van der Waals surface area contributed by atoms with Crippen LogP contribution in [0.3, 0.4) is 0 Å². The van der Waals surface area contributed by atoms with Crippen molar-refractivity contribution in [3.05, 3.63) is 17.7 Å². The fourth-order valence-corrected chi connectivity index (χ4v) is 5.04. The van der Waals surface area contributed by atoms with E-state index >= 15 is 0 Å². The van der Waals surface area contributed by atoms with E-state index in [1.165, 1.54) is 7.11 Å². The first-order valence-corrected chi connectivity index (χ1v) is 9.18. The molecular formula is C19H27N3O4. The normalized spacial score (nSPS) is 32.2. The Morgan fingerprint density at radius 1 is 1.38 bits per heavy atom. The van der Waals surface area contributed by atoms with E-state index in [-0.39, 0.29) is 11.5 Å². The summed E-state index contributed by atoms with van der Waals surface area (Å²) in [7, 11) is 7.27. The second kappa shape index (κ2) is 6.39. The summed E-state index contributed by atoms with van der Waals surface area (Å²) < 4.78 is 16.9. The van der Waals surface area contributed by atoms with Crippen LogP contribution in [0, 0.1) is 11.8 Å². The van der Waals surface area contributed by atoms with Crippen LogP contribution in [-0.4, -0.2) is 80.3 Å². The number of hydrogen-bond acceptors (Lipinski definition) is 6. The molecule has 0 aromatic carbocycles. The van der Waals surface area contributed by atoms with Crippen LogP contribution in [-0.2, 0) is 4.74 Å². The van der Waals surface area contributed by atoms with Gasteiger partial charge < -0.3 is 24.0 Å². The highest BCUT2D eigenvalue weighted by Gasteiger charge is 2.63. The number of hydrogen-bond donors (Lipinski definition) is 0. The number of fused-ring (bicyclic) bond motifs is 1. The van der Waals surface area contributed by atoms with Gasteiger partial charge in [-0.05, 0) is 33.0 Å². The molecule has 142 valence electrons. The van der Waals surface area contributed by atoms with Crippen LogP contribution in [0.4, 0.5) is 0 Å².